The summed E-state index contributed by atoms with van der Waals surface area (Å²) in [6.45, 7) is 11.0. The molecular formula is C21H22. The maximum atomic E-state index is 4.44. The lowest BCUT2D eigenvalue weighted by Gasteiger charge is -2.32. The van der Waals surface area contributed by atoms with E-state index in [2.05, 4.69) is 75.9 Å². The van der Waals surface area contributed by atoms with Crippen molar-refractivity contribution in [1.29, 1.82) is 0 Å². The molecule has 1 unspecified atom stereocenters. The van der Waals surface area contributed by atoms with E-state index in [0.29, 0.717) is 5.92 Å². The van der Waals surface area contributed by atoms with Gasteiger partial charge in [-0.2, -0.15) is 0 Å². The Morgan fingerprint density at radius 2 is 1.95 bits per heavy atom. The van der Waals surface area contributed by atoms with Crippen molar-refractivity contribution in [3.05, 3.63) is 82.5 Å². The third-order valence-electron chi connectivity index (χ3n) is 4.61. The van der Waals surface area contributed by atoms with Crippen molar-refractivity contribution >= 4 is 11.6 Å². The van der Waals surface area contributed by atoms with Crippen molar-refractivity contribution in [2.75, 3.05) is 0 Å². The first-order valence-electron chi connectivity index (χ1n) is 7.62. The van der Waals surface area contributed by atoms with E-state index >= 15 is 0 Å². The summed E-state index contributed by atoms with van der Waals surface area (Å²) >= 11 is 0. The standard InChI is InChI=1S/C21H22/c1-5-17-11-8-9-14(2)21(17)20-15(3)13-18-10-6-7-12-19(18)16(20)4/h5-10,12-13,20H,4,11H2,1-3H3/b17-5-. The molecule has 0 saturated heterocycles. The molecule has 106 valence electrons. The molecule has 1 aromatic rings. The van der Waals surface area contributed by atoms with Crippen molar-refractivity contribution in [3.63, 3.8) is 0 Å². The Hall–Kier alpha value is -2.08. The predicted octanol–water partition coefficient (Wildman–Crippen LogP) is 5.96. The summed E-state index contributed by atoms with van der Waals surface area (Å²) in [4.78, 5) is 0. The van der Waals surface area contributed by atoms with Crippen LogP contribution in [-0.2, 0) is 0 Å². The zero-order valence-corrected chi connectivity index (χ0v) is 13.1. The van der Waals surface area contributed by atoms with Crippen LogP contribution >= 0.6 is 0 Å². The lowest BCUT2D eigenvalue weighted by atomic mass is 9.72. The number of hydrogen-bond acceptors (Lipinski definition) is 0. The van der Waals surface area contributed by atoms with Gasteiger partial charge in [0, 0.05) is 5.92 Å². The topological polar surface area (TPSA) is 0 Å². The highest BCUT2D eigenvalue weighted by molar-refractivity contribution is 5.84. The fourth-order valence-electron chi connectivity index (χ4n) is 3.58. The van der Waals surface area contributed by atoms with Crippen molar-refractivity contribution in [2.24, 2.45) is 5.92 Å². The van der Waals surface area contributed by atoms with Gasteiger partial charge in [-0.15, -0.1) is 0 Å². The van der Waals surface area contributed by atoms with Gasteiger partial charge < -0.3 is 0 Å². The Bertz CT molecular complexity index is 720. The minimum Gasteiger partial charge on any atom is -0.0943 e. The molecule has 1 aromatic carbocycles. The van der Waals surface area contributed by atoms with Crippen LogP contribution in [0.4, 0.5) is 0 Å². The second-order valence-corrected chi connectivity index (χ2v) is 5.95. The first kappa shape index (κ1) is 13.9. The van der Waals surface area contributed by atoms with Gasteiger partial charge in [0.25, 0.3) is 0 Å². The first-order chi connectivity index (χ1) is 10.1. The first-order valence-corrected chi connectivity index (χ1v) is 7.62. The molecule has 3 rings (SSSR count). The number of rotatable bonds is 1. The molecule has 0 heterocycles. The van der Waals surface area contributed by atoms with Crippen LogP contribution in [0.2, 0.25) is 0 Å². The lowest BCUT2D eigenvalue weighted by Crippen LogP contribution is -2.16. The average molecular weight is 274 g/mol. The van der Waals surface area contributed by atoms with E-state index in [0.717, 1.165) is 6.42 Å². The molecule has 21 heavy (non-hydrogen) atoms. The molecule has 0 amide bonds. The Morgan fingerprint density at radius 3 is 2.71 bits per heavy atom. The fourth-order valence-corrected chi connectivity index (χ4v) is 3.58. The Balaban J connectivity index is 2.17. The van der Waals surface area contributed by atoms with Gasteiger partial charge in [0.05, 0.1) is 0 Å². The SMILES string of the molecule is C=C1c2ccccc2C=C(C)C1C1=C(C)C=CC/C1=C/C. The smallest absolute Gasteiger partial charge is 0.0305 e. The van der Waals surface area contributed by atoms with E-state index in [1.165, 1.54) is 39.0 Å². The van der Waals surface area contributed by atoms with Gasteiger partial charge in [-0.1, -0.05) is 60.7 Å². The fraction of sp³-hybridized carbons (Fsp3) is 0.238. The third kappa shape index (κ3) is 2.25. The minimum atomic E-state index is 0.316. The Kier molecular flexibility index (Phi) is 3.55. The van der Waals surface area contributed by atoms with E-state index < -0.39 is 0 Å². The Morgan fingerprint density at radius 1 is 1.19 bits per heavy atom. The number of benzene rings is 1. The van der Waals surface area contributed by atoms with Crippen LogP contribution in [0, 0.1) is 5.92 Å². The molecule has 0 nitrogen and oxygen atoms in total. The second kappa shape index (κ2) is 5.37. The predicted molar refractivity (Wildman–Crippen MR) is 92.8 cm³/mol. The molecule has 0 aliphatic heterocycles. The van der Waals surface area contributed by atoms with Crippen molar-refractivity contribution in [3.8, 4) is 0 Å². The van der Waals surface area contributed by atoms with Crippen LogP contribution in [0.5, 0.6) is 0 Å². The Labute approximate surface area is 127 Å². The van der Waals surface area contributed by atoms with Crippen LogP contribution in [0.1, 0.15) is 38.3 Å². The molecule has 0 N–H and O–H groups in total. The number of allylic oxidation sites excluding steroid dienone is 8. The lowest BCUT2D eigenvalue weighted by molar-refractivity contribution is 0.886. The normalized spacial score (nSPS) is 23.4. The van der Waals surface area contributed by atoms with Gasteiger partial charge in [-0.05, 0) is 60.6 Å². The monoisotopic (exact) mass is 274 g/mol. The highest BCUT2D eigenvalue weighted by atomic mass is 14.3. The summed E-state index contributed by atoms with van der Waals surface area (Å²) < 4.78 is 0. The highest BCUT2D eigenvalue weighted by Crippen LogP contribution is 2.45. The molecule has 0 aromatic heterocycles. The molecule has 2 aliphatic carbocycles. The molecule has 0 fully saturated rings. The zero-order valence-electron chi connectivity index (χ0n) is 13.1. The molecule has 0 bridgehead atoms. The van der Waals surface area contributed by atoms with E-state index in [-0.39, 0.29) is 0 Å². The summed E-state index contributed by atoms with van der Waals surface area (Å²) in [5, 5.41) is 0. The van der Waals surface area contributed by atoms with Gasteiger partial charge >= 0.3 is 0 Å². The molecular weight excluding hydrogens is 252 g/mol. The van der Waals surface area contributed by atoms with Crippen LogP contribution in [0.15, 0.2) is 71.4 Å². The van der Waals surface area contributed by atoms with Gasteiger partial charge in [-0.25, -0.2) is 0 Å². The summed E-state index contributed by atoms with van der Waals surface area (Å²) in [6, 6.07) is 8.58. The quantitative estimate of drug-likeness (QED) is 0.593. The van der Waals surface area contributed by atoms with Crippen molar-refractivity contribution in [1.82, 2.24) is 0 Å². The van der Waals surface area contributed by atoms with Crippen LogP contribution in [-0.4, -0.2) is 0 Å². The molecule has 2 aliphatic rings. The minimum absolute atomic E-state index is 0.316. The zero-order chi connectivity index (χ0) is 15.0. The summed E-state index contributed by atoms with van der Waals surface area (Å²) in [7, 11) is 0. The van der Waals surface area contributed by atoms with Gasteiger partial charge in [0.2, 0.25) is 0 Å². The molecule has 0 saturated carbocycles. The van der Waals surface area contributed by atoms with Crippen molar-refractivity contribution in [2.45, 2.75) is 27.2 Å². The van der Waals surface area contributed by atoms with E-state index in [4.69, 9.17) is 0 Å². The van der Waals surface area contributed by atoms with E-state index in [1.807, 2.05) is 0 Å². The number of fused-ring (bicyclic) bond motifs is 1. The molecule has 1 atom stereocenters. The van der Waals surface area contributed by atoms with E-state index in [1.54, 1.807) is 0 Å². The average Bonchev–Trinajstić information content (AvgIpc) is 2.48. The maximum absolute atomic E-state index is 4.44. The third-order valence-corrected chi connectivity index (χ3v) is 4.61. The maximum Gasteiger partial charge on any atom is 0.0305 e. The van der Waals surface area contributed by atoms with E-state index in [9.17, 15) is 0 Å². The van der Waals surface area contributed by atoms with Crippen LogP contribution in [0.25, 0.3) is 11.6 Å². The molecule has 0 heteroatoms. The van der Waals surface area contributed by atoms with Crippen LogP contribution < -0.4 is 0 Å². The summed E-state index contributed by atoms with van der Waals surface area (Å²) in [5.74, 6) is 0.316. The molecule has 0 spiro atoms. The van der Waals surface area contributed by atoms with Crippen molar-refractivity contribution < 1.29 is 0 Å². The van der Waals surface area contributed by atoms with Gasteiger partial charge in [0.15, 0.2) is 0 Å². The van der Waals surface area contributed by atoms with Gasteiger partial charge in [-0.3, -0.25) is 0 Å². The summed E-state index contributed by atoms with van der Waals surface area (Å²) in [6.07, 6.45) is 10.1. The second-order valence-electron chi connectivity index (χ2n) is 5.95. The largest absolute Gasteiger partial charge is 0.0943 e. The molecule has 0 radical (unpaired) electrons. The van der Waals surface area contributed by atoms with Gasteiger partial charge in [0.1, 0.15) is 0 Å². The number of hydrogen-bond donors (Lipinski definition) is 0. The summed E-state index contributed by atoms with van der Waals surface area (Å²) in [5.41, 5.74) is 9.47. The van der Waals surface area contributed by atoms with Crippen LogP contribution in [0.3, 0.4) is 0 Å². The highest BCUT2D eigenvalue weighted by Gasteiger charge is 2.28.